The minimum atomic E-state index is -0.279. The van der Waals surface area contributed by atoms with E-state index in [1.807, 2.05) is 0 Å². The summed E-state index contributed by atoms with van der Waals surface area (Å²) < 4.78 is 0. The lowest BCUT2D eigenvalue weighted by Crippen LogP contribution is -2.77. The Kier molecular flexibility index (Phi) is 9.10. The molecule has 0 bridgehead atoms. The van der Waals surface area contributed by atoms with Crippen LogP contribution < -0.4 is 43.4 Å². The molecule has 5 rings (SSSR count). The molecule has 0 amide bonds. The third-order valence-corrected chi connectivity index (χ3v) is 14.9. The summed E-state index contributed by atoms with van der Waals surface area (Å²) in [5.41, 5.74) is 11.5. The van der Waals surface area contributed by atoms with Gasteiger partial charge in [-0.2, -0.15) is 0 Å². The van der Waals surface area contributed by atoms with E-state index in [0.29, 0.717) is 22.6 Å². The highest BCUT2D eigenvalue weighted by Crippen LogP contribution is 2.45. The highest BCUT2D eigenvalue weighted by molar-refractivity contribution is 7.68. The van der Waals surface area contributed by atoms with Gasteiger partial charge in [0.25, 0.3) is 0 Å². The van der Waals surface area contributed by atoms with E-state index in [-0.39, 0.29) is 29.3 Å². The van der Waals surface area contributed by atoms with Crippen molar-refractivity contribution in [2.75, 3.05) is 0 Å². The third kappa shape index (κ3) is 5.40. The highest BCUT2D eigenvalue weighted by atomic mass is 31.1. The lowest BCUT2D eigenvalue weighted by molar-refractivity contribution is 1.02. The molecule has 0 nitrogen and oxygen atoms in total. The van der Waals surface area contributed by atoms with Crippen molar-refractivity contribution in [2.45, 2.75) is 78.0 Å². The largest absolute Gasteiger partial charge is 0.238 e. The van der Waals surface area contributed by atoms with Crippen LogP contribution in [0.2, 0.25) is 0 Å². The third-order valence-electron chi connectivity index (χ3n) is 8.51. The fourth-order valence-electron chi connectivity index (χ4n) is 7.32. The van der Waals surface area contributed by atoms with Crippen LogP contribution in [0.25, 0.3) is 0 Å². The van der Waals surface area contributed by atoms with Crippen LogP contribution >= 0.6 is 15.8 Å². The van der Waals surface area contributed by atoms with Crippen LogP contribution in [0.3, 0.4) is 0 Å². The Morgan fingerprint density at radius 2 is 0.775 bits per heavy atom. The Bertz CT molecular complexity index is 1290. The van der Waals surface area contributed by atoms with E-state index in [9.17, 15) is 0 Å². The van der Waals surface area contributed by atoms with Crippen LogP contribution in [0.5, 0.6) is 0 Å². The van der Waals surface area contributed by atoms with E-state index >= 15 is 0 Å². The molecule has 205 valence electrons. The van der Waals surface area contributed by atoms with Gasteiger partial charge in [-0.25, -0.2) is 16.4 Å². The summed E-state index contributed by atoms with van der Waals surface area (Å²) in [6.07, 6.45) is 0. The van der Waals surface area contributed by atoms with Crippen molar-refractivity contribution >= 4 is 72.7 Å². The summed E-state index contributed by atoms with van der Waals surface area (Å²) in [6, 6.07) is 37.5. The minimum absolute atomic E-state index is 0.256. The van der Waals surface area contributed by atoms with Crippen molar-refractivity contribution in [3.63, 3.8) is 0 Å². The number of hydrogen-bond donors (Lipinski definition) is 0. The molecule has 0 saturated carbocycles. The molecule has 1 radical (unpaired) electrons. The van der Waals surface area contributed by atoms with Crippen molar-refractivity contribution in [3.05, 3.63) is 97.1 Å². The Labute approximate surface area is 247 Å². The number of hydrogen-bond acceptors (Lipinski definition) is 0. The molecule has 1 aliphatic rings. The predicted octanol–water partition coefficient (Wildman–Crippen LogP) is 4.88. The topological polar surface area (TPSA) is 0 Å². The van der Waals surface area contributed by atoms with Gasteiger partial charge < -0.3 is 0 Å². The van der Waals surface area contributed by atoms with Gasteiger partial charge in [-0.15, -0.1) is 23.1 Å². The van der Waals surface area contributed by atoms with Gasteiger partial charge in [-0.1, -0.05) is 167 Å². The maximum Gasteiger partial charge on any atom is 0.235 e. The van der Waals surface area contributed by atoms with Gasteiger partial charge in [-0.3, -0.25) is 0 Å². The highest BCUT2D eigenvalue weighted by Gasteiger charge is 2.34. The molecule has 0 fully saturated rings. The van der Waals surface area contributed by atoms with Gasteiger partial charge in [0.2, 0.25) is 6.71 Å². The minimum Gasteiger partial charge on any atom is -0.238 e. The fraction of sp³-hybridized carbons (Fsp3) is 0.333. The van der Waals surface area contributed by atoms with E-state index in [4.69, 9.17) is 0 Å². The van der Waals surface area contributed by atoms with Crippen molar-refractivity contribution in [3.8, 4) is 0 Å². The van der Waals surface area contributed by atoms with E-state index in [1.54, 1.807) is 10.6 Å². The van der Waals surface area contributed by atoms with Gasteiger partial charge in [0.1, 0.15) is 0 Å². The molecule has 0 aliphatic carbocycles. The molecule has 40 heavy (non-hydrogen) atoms. The molecule has 0 N–H and O–H groups in total. The Morgan fingerprint density at radius 3 is 1.25 bits per heavy atom. The Balaban J connectivity index is 1.77. The molecule has 4 aromatic carbocycles. The summed E-state index contributed by atoms with van der Waals surface area (Å²) in [5.74, 6) is 0. The molecule has 0 aromatic heterocycles. The first kappa shape index (κ1) is 29.4. The molecule has 0 spiro atoms. The van der Waals surface area contributed by atoms with Gasteiger partial charge >= 0.3 is 0 Å². The first-order chi connectivity index (χ1) is 19.2. The maximum absolute atomic E-state index is 2.44. The molecule has 0 saturated heterocycles. The van der Waals surface area contributed by atoms with Crippen molar-refractivity contribution < 1.29 is 0 Å². The summed E-state index contributed by atoms with van der Waals surface area (Å²) in [5, 5.41) is 3.16. The van der Waals surface area contributed by atoms with Crippen molar-refractivity contribution in [1.82, 2.24) is 0 Å². The second kappa shape index (κ2) is 12.4. The normalized spacial score (nSPS) is 13.7. The standard InChI is InChI=1S/C36H44B2P2/c1-25(2)39(26(3)4)35-23-15-13-21-33(35)37-29-17-9-11-19-31(29)38(32-20-12-10-18-30(32)37)34-22-14-16-24-36(34)40(27(5)6)28(7)8/h9-28H,1-8H3/q-1. The molecular weight excluding hydrogens is 516 g/mol. The average molecular weight is 560 g/mol. The monoisotopic (exact) mass is 560 g/mol. The molecule has 4 heteroatoms. The first-order valence-electron chi connectivity index (χ1n) is 15.1. The summed E-state index contributed by atoms with van der Waals surface area (Å²) in [6.45, 7) is 19.8. The van der Waals surface area contributed by atoms with Gasteiger partial charge in [0.05, 0.1) is 0 Å². The molecular formula is C36H44B2P2-. The Hall–Kier alpha value is -2.13. The van der Waals surface area contributed by atoms with E-state index in [1.165, 1.54) is 32.8 Å². The zero-order chi connectivity index (χ0) is 28.6. The van der Waals surface area contributed by atoms with Gasteiger partial charge in [0, 0.05) is 0 Å². The van der Waals surface area contributed by atoms with Gasteiger partial charge in [-0.05, 0) is 34.7 Å². The zero-order valence-corrected chi connectivity index (χ0v) is 27.4. The maximum atomic E-state index is 2.44. The van der Waals surface area contributed by atoms with Gasteiger partial charge in [0.15, 0.2) is 0 Å². The molecule has 1 aliphatic heterocycles. The lowest BCUT2D eigenvalue weighted by Gasteiger charge is -2.45. The second-order valence-corrected chi connectivity index (χ2v) is 19.2. The van der Waals surface area contributed by atoms with Crippen LogP contribution in [0.1, 0.15) is 55.4 Å². The molecule has 1 heterocycles. The second-order valence-electron chi connectivity index (χ2n) is 12.4. The smallest absolute Gasteiger partial charge is 0.235 e. The van der Waals surface area contributed by atoms with Crippen LogP contribution in [-0.2, 0) is 0 Å². The lowest BCUT2D eigenvalue weighted by atomic mass is 9.21. The molecule has 0 unspecified atom stereocenters. The summed E-state index contributed by atoms with van der Waals surface area (Å²) >= 11 is 0. The van der Waals surface area contributed by atoms with Crippen LogP contribution in [0.4, 0.5) is 0 Å². The van der Waals surface area contributed by atoms with Crippen molar-refractivity contribution in [2.24, 2.45) is 0 Å². The number of fused-ring (bicyclic) bond motifs is 2. The van der Waals surface area contributed by atoms with E-state index < -0.39 is 0 Å². The van der Waals surface area contributed by atoms with E-state index in [2.05, 4.69) is 152 Å². The average Bonchev–Trinajstić information content (AvgIpc) is 2.92. The van der Waals surface area contributed by atoms with Crippen molar-refractivity contribution in [1.29, 1.82) is 0 Å². The molecule has 4 aromatic rings. The predicted molar refractivity (Wildman–Crippen MR) is 189 cm³/mol. The Morgan fingerprint density at radius 1 is 0.425 bits per heavy atom. The number of rotatable bonds is 8. The quantitative estimate of drug-likeness (QED) is 0.188. The molecule has 0 atom stereocenters. The first-order valence-corrected chi connectivity index (χ1v) is 18.1. The fourth-order valence-corrected chi connectivity index (χ4v) is 13.4. The van der Waals surface area contributed by atoms with Crippen LogP contribution in [-0.4, -0.2) is 36.1 Å². The van der Waals surface area contributed by atoms with E-state index in [0.717, 1.165) is 0 Å². The SMILES string of the molecule is CC(C)P(c1ccccc1B1c2ccccc2[B-](c2ccccc2P(C(C)C)C(C)C)c2ccccc21)C(C)C. The number of benzene rings is 4. The summed E-state index contributed by atoms with van der Waals surface area (Å²) in [4.78, 5) is 0. The zero-order valence-electron chi connectivity index (χ0n) is 25.6. The van der Waals surface area contributed by atoms with Crippen LogP contribution in [0, 0.1) is 0 Å². The summed E-state index contributed by atoms with van der Waals surface area (Å²) in [7, 11) is -0.557. The van der Waals surface area contributed by atoms with Crippen LogP contribution in [0.15, 0.2) is 97.1 Å².